The molecule has 0 radical (unpaired) electrons. The molecule has 0 atom stereocenters. The molecular formula is C27H35N5O3. The first-order valence-corrected chi connectivity index (χ1v) is 12.5. The van der Waals surface area contributed by atoms with Crippen LogP contribution in [0.15, 0.2) is 24.3 Å². The fourth-order valence-electron chi connectivity index (χ4n) is 5.61. The number of benzene rings is 1. The first-order chi connectivity index (χ1) is 16.5. The van der Waals surface area contributed by atoms with Gasteiger partial charge in [-0.3, -0.25) is 14.8 Å². The molecule has 1 fully saturated rings. The molecular weight excluding hydrogens is 442 g/mol. The number of amides is 1. The topological polar surface area (TPSA) is 105 Å². The Morgan fingerprint density at radius 1 is 1.14 bits per heavy atom. The van der Waals surface area contributed by atoms with Gasteiger partial charge < -0.3 is 15.0 Å². The van der Waals surface area contributed by atoms with Gasteiger partial charge in [0.25, 0.3) is 0 Å². The highest BCUT2D eigenvalue weighted by Gasteiger charge is 2.33. The van der Waals surface area contributed by atoms with E-state index in [4.69, 9.17) is 0 Å². The Morgan fingerprint density at radius 3 is 2.60 bits per heavy atom. The number of Topliss-reactive ketones (excluding diaryl/α,β-unsaturated/α-hetero) is 1. The minimum atomic E-state index is -0.878. The first kappa shape index (κ1) is 23.6. The number of hydrogen-bond donors (Lipinski definition) is 3. The van der Waals surface area contributed by atoms with Crippen LogP contribution in [0.2, 0.25) is 0 Å². The van der Waals surface area contributed by atoms with Gasteiger partial charge in [0.1, 0.15) is 5.69 Å². The van der Waals surface area contributed by atoms with Crippen molar-refractivity contribution in [2.45, 2.75) is 58.9 Å². The van der Waals surface area contributed by atoms with Crippen LogP contribution in [0.1, 0.15) is 62.2 Å². The van der Waals surface area contributed by atoms with Crippen molar-refractivity contribution in [3.63, 3.8) is 0 Å². The predicted molar refractivity (Wildman–Crippen MR) is 136 cm³/mol. The van der Waals surface area contributed by atoms with E-state index in [2.05, 4.69) is 53.8 Å². The Labute approximate surface area is 205 Å². The molecule has 1 amide bonds. The van der Waals surface area contributed by atoms with Crippen molar-refractivity contribution < 1.29 is 14.7 Å². The van der Waals surface area contributed by atoms with Crippen LogP contribution in [0.4, 0.5) is 4.79 Å². The summed E-state index contributed by atoms with van der Waals surface area (Å²) >= 11 is 0. The molecule has 2 aromatic heterocycles. The summed E-state index contributed by atoms with van der Waals surface area (Å²) in [5, 5.41) is 18.1. The molecule has 186 valence electrons. The van der Waals surface area contributed by atoms with Crippen LogP contribution >= 0.6 is 0 Å². The van der Waals surface area contributed by atoms with Crippen LogP contribution in [-0.2, 0) is 12.8 Å². The maximum absolute atomic E-state index is 13.2. The number of aromatic nitrogens is 3. The molecule has 0 unspecified atom stereocenters. The number of carboxylic acid groups (broad SMARTS) is 1. The highest BCUT2D eigenvalue weighted by atomic mass is 16.4. The van der Waals surface area contributed by atoms with E-state index in [0.29, 0.717) is 43.6 Å². The number of ketones is 1. The summed E-state index contributed by atoms with van der Waals surface area (Å²) in [6, 6.07) is 7.97. The second kappa shape index (κ2) is 8.52. The van der Waals surface area contributed by atoms with Gasteiger partial charge in [0.15, 0.2) is 5.78 Å². The molecule has 3 N–H and O–H groups in total. The summed E-state index contributed by atoms with van der Waals surface area (Å²) in [5.74, 6) is 0.0908. The van der Waals surface area contributed by atoms with E-state index in [1.807, 2.05) is 18.2 Å². The second-order valence-electron chi connectivity index (χ2n) is 11.5. The molecule has 35 heavy (non-hydrogen) atoms. The van der Waals surface area contributed by atoms with Crippen molar-refractivity contribution in [3.8, 4) is 11.4 Å². The fourth-order valence-corrected chi connectivity index (χ4v) is 5.61. The number of H-pyrrole nitrogens is 2. The number of nitrogens with zero attached hydrogens (tertiary/aromatic N) is 3. The lowest BCUT2D eigenvalue weighted by molar-refractivity contribution is 0.0443. The van der Waals surface area contributed by atoms with E-state index in [1.54, 1.807) is 0 Å². The van der Waals surface area contributed by atoms with Crippen LogP contribution in [-0.4, -0.2) is 73.7 Å². The molecule has 2 aliphatic rings. The van der Waals surface area contributed by atoms with Crippen LogP contribution < -0.4 is 0 Å². The Balaban J connectivity index is 1.32. The molecule has 0 bridgehead atoms. The molecule has 1 saturated heterocycles. The smallest absolute Gasteiger partial charge is 0.407 e. The molecule has 8 heteroatoms. The van der Waals surface area contributed by atoms with Crippen molar-refractivity contribution in [2.75, 3.05) is 26.2 Å². The number of piperazine rings is 1. The zero-order valence-electron chi connectivity index (χ0n) is 21.1. The summed E-state index contributed by atoms with van der Waals surface area (Å²) in [6.45, 7) is 10.9. The number of carbonyl (C=O) groups excluding carboxylic acids is 1. The number of hydrogen-bond acceptors (Lipinski definition) is 4. The SMILES string of the molecule is CC1(C)CCc2c(-c3cc4ccc(C(=O)CC(C)(C)N5CCN(C(=O)O)CC5)cc4[nH]3)n[nH]c2C1. The van der Waals surface area contributed by atoms with Gasteiger partial charge in [0, 0.05) is 65.9 Å². The van der Waals surface area contributed by atoms with Gasteiger partial charge >= 0.3 is 6.09 Å². The van der Waals surface area contributed by atoms with E-state index in [-0.39, 0.29) is 11.3 Å². The minimum Gasteiger partial charge on any atom is -0.465 e. The van der Waals surface area contributed by atoms with E-state index in [1.165, 1.54) is 16.2 Å². The minimum absolute atomic E-state index is 0.0908. The van der Waals surface area contributed by atoms with Gasteiger partial charge in [-0.2, -0.15) is 5.10 Å². The largest absolute Gasteiger partial charge is 0.465 e. The number of aromatic amines is 2. The van der Waals surface area contributed by atoms with Crippen molar-refractivity contribution in [1.82, 2.24) is 25.0 Å². The third kappa shape index (κ3) is 4.59. The van der Waals surface area contributed by atoms with Gasteiger partial charge in [0.05, 0.1) is 5.69 Å². The Morgan fingerprint density at radius 2 is 1.89 bits per heavy atom. The Hall–Kier alpha value is -3.13. The van der Waals surface area contributed by atoms with Crippen molar-refractivity contribution >= 4 is 22.8 Å². The number of fused-ring (bicyclic) bond motifs is 2. The van der Waals surface area contributed by atoms with Crippen molar-refractivity contribution in [3.05, 3.63) is 41.1 Å². The van der Waals surface area contributed by atoms with E-state index in [9.17, 15) is 14.7 Å². The van der Waals surface area contributed by atoms with Gasteiger partial charge in [-0.05, 0) is 50.7 Å². The molecule has 1 aliphatic heterocycles. The maximum Gasteiger partial charge on any atom is 0.407 e. The first-order valence-electron chi connectivity index (χ1n) is 12.5. The third-order valence-corrected chi connectivity index (χ3v) is 7.86. The predicted octanol–water partition coefficient (Wildman–Crippen LogP) is 4.72. The summed E-state index contributed by atoms with van der Waals surface area (Å²) in [5.41, 5.74) is 6.08. The molecule has 0 spiro atoms. The summed E-state index contributed by atoms with van der Waals surface area (Å²) in [4.78, 5) is 31.6. The molecule has 1 aliphatic carbocycles. The van der Waals surface area contributed by atoms with Gasteiger partial charge in [-0.25, -0.2) is 4.79 Å². The fraction of sp³-hybridized carbons (Fsp3) is 0.519. The van der Waals surface area contributed by atoms with E-state index >= 15 is 0 Å². The Bertz CT molecular complexity index is 1280. The summed E-state index contributed by atoms with van der Waals surface area (Å²) in [6.07, 6.45) is 2.67. The quantitative estimate of drug-likeness (QED) is 0.461. The lowest BCUT2D eigenvalue weighted by Gasteiger charge is -2.43. The second-order valence-corrected chi connectivity index (χ2v) is 11.5. The maximum atomic E-state index is 13.2. The van der Waals surface area contributed by atoms with E-state index in [0.717, 1.165) is 41.6 Å². The molecule has 1 aromatic carbocycles. The Kier molecular flexibility index (Phi) is 5.74. The summed E-state index contributed by atoms with van der Waals surface area (Å²) in [7, 11) is 0. The average molecular weight is 478 g/mol. The number of rotatable bonds is 5. The van der Waals surface area contributed by atoms with E-state index < -0.39 is 6.09 Å². The highest BCUT2D eigenvalue weighted by molar-refractivity contribution is 6.00. The zero-order valence-corrected chi connectivity index (χ0v) is 21.1. The zero-order chi connectivity index (χ0) is 25.0. The monoisotopic (exact) mass is 477 g/mol. The molecule has 3 heterocycles. The van der Waals surface area contributed by atoms with Crippen LogP contribution in [0.3, 0.4) is 0 Å². The molecule has 0 saturated carbocycles. The number of nitrogens with one attached hydrogen (secondary N) is 2. The van der Waals surface area contributed by atoms with Crippen LogP contribution in [0.5, 0.6) is 0 Å². The van der Waals surface area contributed by atoms with Crippen molar-refractivity contribution in [1.29, 1.82) is 0 Å². The molecule has 5 rings (SSSR count). The van der Waals surface area contributed by atoms with Gasteiger partial charge in [-0.1, -0.05) is 26.0 Å². The van der Waals surface area contributed by atoms with Crippen LogP contribution in [0.25, 0.3) is 22.3 Å². The third-order valence-electron chi connectivity index (χ3n) is 7.86. The van der Waals surface area contributed by atoms with Gasteiger partial charge in [0.2, 0.25) is 0 Å². The molecule has 8 nitrogen and oxygen atoms in total. The molecule has 3 aromatic rings. The van der Waals surface area contributed by atoms with Gasteiger partial charge in [-0.15, -0.1) is 0 Å². The van der Waals surface area contributed by atoms with Crippen molar-refractivity contribution in [2.24, 2.45) is 5.41 Å². The lowest BCUT2D eigenvalue weighted by Crippen LogP contribution is -2.56. The highest BCUT2D eigenvalue weighted by Crippen LogP contribution is 2.38. The summed E-state index contributed by atoms with van der Waals surface area (Å²) < 4.78 is 0. The van der Waals surface area contributed by atoms with Crippen LogP contribution in [0, 0.1) is 5.41 Å². The lowest BCUT2D eigenvalue weighted by atomic mass is 9.76. The standard InChI is InChI=1S/C27H35N5O3/c1-26(2)8-7-19-22(15-26)29-30-24(19)21-13-17-5-6-18(14-20(17)28-21)23(33)16-27(3,4)32-11-9-31(10-12-32)25(34)35/h5-6,13-14,28H,7-12,15-16H2,1-4H3,(H,29,30)(H,34,35). The number of carbonyl (C=O) groups is 2. The normalized spacial score (nSPS) is 18.6. The average Bonchev–Trinajstić information content (AvgIpc) is 3.40.